The number of aldehydes is 1. The highest BCUT2D eigenvalue weighted by Gasteiger charge is 2.24. The molecule has 2 heteroatoms. The average molecular weight is 178 g/mol. The van der Waals surface area contributed by atoms with Gasteiger partial charge in [0.1, 0.15) is 0 Å². The van der Waals surface area contributed by atoms with E-state index in [9.17, 15) is 4.79 Å². The number of nitrogens with zero attached hydrogens (tertiary/aromatic N) is 1. The number of carbonyl (C=O) groups excluding carboxylic acids is 1. The van der Waals surface area contributed by atoms with Crippen LogP contribution in [-0.2, 0) is 4.79 Å². The molecule has 1 atom stereocenters. The molecule has 0 radical (unpaired) electrons. The number of rotatable bonds is 3. The Morgan fingerprint density at radius 3 is 2.08 bits per heavy atom. The molecule has 1 aromatic rings. The fourth-order valence-corrected chi connectivity index (χ4v) is 1.36. The highest BCUT2D eigenvalue weighted by atomic mass is 16.1. The maximum Gasteiger partial charge on any atom is 0.182 e. The quantitative estimate of drug-likeness (QED) is 0.508. The summed E-state index contributed by atoms with van der Waals surface area (Å²) in [6.07, 6.45) is 1.01. The van der Waals surface area contributed by atoms with Crippen LogP contribution in [0.25, 0.3) is 0 Å². The van der Waals surface area contributed by atoms with E-state index >= 15 is 0 Å². The minimum atomic E-state index is -0.0683. The van der Waals surface area contributed by atoms with Crippen LogP contribution in [0, 0.1) is 0 Å². The number of hydrogen-bond acceptors (Lipinski definition) is 1. The molecular weight excluding hydrogens is 162 g/mol. The fourth-order valence-electron chi connectivity index (χ4n) is 1.36. The Morgan fingerprint density at radius 1 is 1.15 bits per heavy atom. The SMILES string of the molecule is C[N+](C)(C)C(C=O)c1ccccc1. The minimum absolute atomic E-state index is 0.0683. The second-order valence-corrected chi connectivity index (χ2v) is 4.11. The van der Waals surface area contributed by atoms with E-state index in [0.717, 1.165) is 11.8 Å². The molecule has 0 bridgehead atoms. The van der Waals surface area contributed by atoms with Crippen LogP contribution in [0.3, 0.4) is 0 Å². The van der Waals surface area contributed by atoms with Crippen molar-refractivity contribution in [3.63, 3.8) is 0 Å². The van der Waals surface area contributed by atoms with Gasteiger partial charge < -0.3 is 4.48 Å². The van der Waals surface area contributed by atoms with Crippen molar-refractivity contribution in [2.45, 2.75) is 6.04 Å². The molecule has 0 aliphatic carbocycles. The molecule has 0 saturated carbocycles. The zero-order valence-corrected chi connectivity index (χ0v) is 8.40. The van der Waals surface area contributed by atoms with Gasteiger partial charge in [-0.25, -0.2) is 0 Å². The van der Waals surface area contributed by atoms with E-state index in [1.807, 2.05) is 51.5 Å². The number of quaternary nitrogens is 1. The Balaban J connectivity index is 2.99. The number of benzene rings is 1. The lowest BCUT2D eigenvalue weighted by Gasteiger charge is -2.30. The molecule has 0 aliphatic rings. The smallest absolute Gasteiger partial charge is 0.182 e. The van der Waals surface area contributed by atoms with Gasteiger partial charge in [0, 0.05) is 5.56 Å². The molecule has 1 unspecified atom stereocenters. The topological polar surface area (TPSA) is 17.1 Å². The molecule has 0 fully saturated rings. The molecule has 2 nitrogen and oxygen atoms in total. The molecule has 13 heavy (non-hydrogen) atoms. The number of carbonyl (C=O) groups is 1. The van der Waals surface area contributed by atoms with Crippen LogP contribution < -0.4 is 0 Å². The zero-order chi connectivity index (χ0) is 9.90. The first-order valence-electron chi connectivity index (χ1n) is 4.37. The highest BCUT2D eigenvalue weighted by Crippen LogP contribution is 2.20. The van der Waals surface area contributed by atoms with E-state index in [1.165, 1.54) is 0 Å². The third kappa shape index (κ3) is 2.39. The number of hydrogen-bond donors (Lipinski definition) is 0. The fraction of sp³-hybridized carbons (Fsp3) is 0.364. The summed E-state index contributed by atoms with van der Waals surface area (Å²) in [5, 5.41) is 0. The van der Waals surface area contributed by atoms with Crippen LogP contribution in [0.15, 0.2) is 30.3 Å². The van der Waals surface area contributed by atoms with Crippen molar-refractivity contribution in [3.05, 3.63) is 35.9 Å². The lowest BCUT2D eigenvalue weighted by atomic mass is 10.1. The maximum absolute atomic E-state index is 10.9. The first kappa shape index (κ1) is 9.93. The van der Waals surface area contributed by atoms with Gasteiger partial charge in [0.2, 0.25) is 0 Å². The Labute approximate surface area is 79.4 Å². The van der Waals surface area contributed by atoms with Crippen molar-refractivity contribution >= 4 is 6.29 Å². The maximum atomic E-state index is 10.9. The van der Waals surface area contributed by atoms with Crippen LogP contribution in [-0.4, -0.2) is 31.9 Å². The van der Waals surface area contributed by atoms with Gasteiger partial charge in [0.25, 0.3) is 0 Å². The molecule has 0 N–H and O–H groups in total. The molecule has 70 valence electrons. The Hall–Kier alpha value is -1.15. The van der Waals surface area contributed by atoms with Crippen LogP contribution in [0.1, 0.15) is 11.6 Å². The average Bonchev–Trinajstić information content (AvgIpc) is 2.05. The molecular formula is C11H16NO+. The van der Waals surface area contributed by atoms with Crippen LogP contribution >= 0.6 is 0 Å². The Morgan fingerprint density at radius 2 is 1.69 bits per heavy atom. The summed E-state index contributed by atoms with van der Waals surface area (Å²) in [4.78, 5) is 10.9. The van der Waals surface area contributed by atoms with E-state index in [2.05, 4.69) is 0 Å². The van der Waals surface area contributed by atoms with E-state index in [-0.39, 0.29) is 6.04 Å². The largest absolute Gasteiger partial charge is 0.319 e. The lowest BCUT2D eigenvalue weighted by Crippen LogP contribution is -2.39. The first-order valence-corrected chi connectivity index (χ1v) is 4.37. The molecule has 0 amide bonds. The van der Waals surface area contributed by atoms with Gasteiger partial charge in [-0.1, -0.05) is 30.3 Å². The van der Waals surface area contributed by atoms with Crippen molar-refractivity contribution in [1.82, 2.24) is 0 Å². The van der Waals surface area contributed by atoms with E-state index in [1.54, 1.807) is 0 Å². The molecule has 0 saturated heterocycles. The van der Waals surface area contributed by atoms with Gasteiger partial charge in [-0.05, 0) is 0 Å². The van der Waals surface area contributed by atoms with Crippen LogP contribution in [0.2, 0.25) is 0 Å². The van der Waals surface area contributed by atoms with Gasteiger partial charge in [-0.2, -0.15) is 0 Å². The van der Waals surface area contributed by atoms with Crippen molar-refractivity contribution in [1.29, 1.82) is 0 Å². The van der Waals surface area contributed by atoms with Gasteiger partial charge in [-0.3, -0.25) is 4.79 Å². The summed E-state index contributed by atoms with van der Waals surface area (Å²) in [5.74, 6) is 0. The first-order chi connectivity index (χ1) is 6.05. The zero-order valence-electron chi connectivity index (χ0n) is 8.40. The molecule has 0 heterocycles. The normalized spacial score (nSPS) is 13.8. The second-order valence-electron chi connectivity index (χ2n) is 4.11. The van der Waals surface area contributed by atoms with E-state index < -0.39 is 0 Å². The summed E-state index contributed by atoms with van der Waals surface area (Å²) >= 11 is 0. The molecule has 1 rings (SSSR count). The molecule has 0 aromatic heterocycles. The van der Waals surface area contributed by atoms with E-state index in [4.69, 9.17) is 0 Å². The Kier molecular flexibility index (Phi) is 2.83. The van der Waals surface area contributed by atoms with Gasteiger partial charge in [0.05, 0.1) is 21.1 Å². The van der Waals surface area contributed by atoms with Crippen molar-refractivity contribution in [2.24, 2.45) is 0 Å². The molecule has 0 aliphatic heterocycles. The van der Waals surface area contributed by atoms with Crippen molar-refractivity contribution < 1.29 is 9.28 Å². The van der Waals surface area contributed by atoms with Gasteiger partial charge >= 0.3 is 0 Å². The lowest BCUT2D eigenvalue weighted by molar-refractivity contribution is -0.891. The van der Waals surface area contributed by atoms with Gasteiger partial charge in [-0.15, -0.1) is 0 Å². The predicted molar refractivity (Wildman–Crippen MR) is 53.3 cm³/mol. The number of likely N-dealkylation sites (N-methyl/N-ethyl adjacent to an activating group) is 1. The summed E-state index contributed by atoms with van der Waals surface area (Å²) in [6.45, 7) is 0. The van der Waals surface area contributed by atoms with E-state index in [0.29, 0.717) is 4.48 Å². The summed E-state index contributed by atoms with van der Waals surface area (Å²) in [6, 6.07) is 9.79. The van der Waals surface area contributed by atoms with Crippen LogP contribution in [0.4, 0.5) is 0 Å². The van der Waals surface area contributed by atoms with Crippen molar-refractivity contribution in [2.75, 3.05) is 21.1 Å². The standard InChI is InChI=1S/C11H16NO/c1-12(2,3)11(9-13)10-7-5-4-6-8-10/h4-9,11H,1-3H3/q+1. The van der Waals surface area contributed by atoms with Crippen molar-refractivity contribution in [3.8, 4) is 0 Å². The molecule has 1 aromatic carbocycles. The minimum Gasteiger partial charge on any atom is -0.319 e. The summed E-state index contributed by atoms with van der Waals surface area (Å²) in [5.41, 5.74) is 1.07. The van der Waals surface area contributed by atoms with Crippen LogP contribution in [0.5, 0.6) is 0 Å². The highest BCUT2D eigenvalue weighted by molar-refractivity contribution is 5.59. The summed E-state index contributed by atoms with van der Waals surface area (Å²) < 4.78 is 0.632. The second kappa shape index (κ2) is 3.71. The van der Waals surface area contributed by atoms with Gasteiger partial charge in [0.15, 0.2) is 12.3 Å². The monoisotopic (exact) mass is 178 g/mol. The third-order valence-corrected chi connectivity index (χ3v) is 2.10. The molecule has 0 spiro atoms. The predicted octanol–water partition coefficient (Wildman–Crippen LogP) is 1.63. The Bertz CT molecular complexity index is 274. The summed E-state index contributed by atoms with van der Waals surface area (Å²) in [7, 11) is 6.06. The third-order valence-electron chi connectivity index (χ3n) is 2.10.